The molecule has 1 unspecified atom stereocenters. The second kappa shape index (κ2) is 5.19. The van der Waals surface area contributed by atoms with E-state index in [1.165, 1.54) is 0 Å². The van der Waals surface area contributed by atoms with Crippen LogP contribution in [0.4, 0.5) is 11.9 Å². The summed E-state index contributed by atoms with van der Waals surface area (Å²) in [5.74, 6) is 1.09. The van der Waals surface area contributed by atoms with Gasteiger partial charge in [0, 0.05) is 19.0 Å². The number of nitrogen functional groups attached to an aromatic ring is 1. The minimum absolute atomic E-state index is 0.179. The number of nitrogens with one attached hydrogen (secondary N) is 1. The molecule has 0 bridgehead atoms. The summed E-state index contributed by atoms with van der Waals surface area (Å²) in [4.78, 5) is 16.4. The fraction of sp³-hybridized carbons (Fsp3) is 0.455. The van der Waals surface area contributed by atoms with Gasteiger partial charge in [-0.15, -0.1) is 0 Å². The number of aromatic nitrogens is 5. The minimum Gasteiger partial charge on any atom is -0.379 e. The molecule has 1 aliphatic heterocycles. The molecule has 0 aromatic carbocycles. The highest BCUT2D eigenvalue weighted by molar-refractivity contribution is 5.36. The maximum Gasteiger partial charge on any atom is 0.241 e. The summed E-state index contributed by atoms with van der Waals surface area (Å²) in [6, 6.07) is 0.214. The molecule has 8 heteroatoms. The second-order valence-electron chi connectivity index (χ2n) is 4.35. The Bertz CT molecular complexity index is 536. The van der Waals surface area contributed by atoms with Gasteiger partial charge in [-0.05, 0) is 12.8 Å². The van der Waals surface area contributed by atoms with Crippen LogP contribution in [0.15, 0.2) is 18.7 Å². The summed E-state index contributed by atoms with van der Waals surface area (Å²) >= 11 is 0. The molecule has 2 aromatic heterocycles. The zero-order valence-corrected chi connectivity index (χ0v) is 10.4. The summed E-state index contributed by atoms with van der Waals surface area (Å²) in [7, 11) is 0. The molecule has 0 saturated carbocycles. The minimum atomic E-state index is 0.179. The van der Waals surface area contributed by atoms with Crippen molar-refractivity contribution in [1.29, 1.82) is 0 Å². The number of ether oxygens (including phenoxy) is 1. The number of anilines is 2. The van der Waals surface area contributed by atoms with E-state index in [0.717, 1.165) is 19.4 Å². The van der Waals surface area contributed by atoms with E-state index in [9.17, 15) is 0 Å². The Balaban J connectivity index is 1.81. The molecule has 1 saturated heterocycles. The Morgan fingerprint density at radius 3 is 3.05 bits per heavy atom. The summed E-state index contributed by atoms with van der Waals surface area (Å²) in [6.45, 7) is 1.48. The Hall–Kier alpha value is -2.22. The molecule has 0 amide bonds. The van der Waals surface area contributed by atoms with Gasteiger partial charge in [0.05, 0.1) is 12.6 Å². The van der Waals surface area contributed by atoms with Crippen LogP contribution in [-0.4, -0.2) is 43.8 Å². The molecule has 1 atom stereocenters. The smallest absolute Gasteiger partial charge is 0.241 e. The molecule has 0 aliphatic carbocycles. The number of hydrogen-bond donors (Lipinski definition) is 2. The van der Waals surface area contributed by atoms with Gasteiger partial charge in [0.1, 0.15) is 6.33 Å². The first-order chi connectivity index (χ1) is 9.31. The number of hydrogen-bond acceptors (Lipinski definition) is 7. The zero-order chi connectivity index (χ0) is 13.1. The third-order valence-electron chi connectivity index (χ3n) is 2.87. The predicted octanol–water partition coefficient (Wildman–Crippen LogP) is 0.230. The first-order valence-electron chi connectivity index (χ1n) is 6.15. The van der Waals surface area contributed by atoms with E-state index in [0.29, 0.717) is 18.5 Å². The molecule has 2 aromatic rings. The van der Waals surface area contributed by atoms with Crippen molar-refractivity contribution >= 4 is 11.9 Å². The summed E-state index contributed by atoms with van der Waals surface area (Å²) in [6.07, 6.45) is 7.09. The SMILES string of the molecule is Nc1nc(NC2CCCOC2)nc(-n2ccnc2)n1. The van der Waals surface area contributed by atoms with Crippen molar-refractivity contribution in [2.75, 3.05) is 24.3 Å². The molecule has 0 spiro atoms. The number of nitrogens with two attached hydrogens (primary N) is 1. The topological polar surface area (TPSA) is 104 Å². The summed E-state index contributed by atoms with van der Waals surface area (Å²) in [5, 5.41) is 3.22. The lowest BCUT2D eigenvalue weighted by molar-refractivity contribution is 0.0874. The fourth-order valence-electron chi connectivity index (χ4n) is 1.98. The third-order valence-corrected chi connectivity index (χ3v) is 2.87. The molecule has 3 N–H and O–H groups in total. The largest absolute Gasteiger partial charge is 0.379 e. The highest BCUT2D eigenvalue weighted by atomic mass is 16.5. The van der Waals surface area contributed by atoms with E-state index in [-0.39, 0.29) is 12.0 Å². The molecule has 3 heterocycles. The van der Waals surface area contributed by atoms with Crippen molar-refractivity contribution < 1.29 is 4.74 Å². The molecule has 8 nitrogen and oxygen atoms in total. The van der Waals surface area contributed by atoms with E-state index >= 15 is 0 Å². The van der Waals surface area contributed by atoms with Crippen LogP contribution in [0.2, 0.25) is 0 Å². The van der Waals surface area contributed by atoms with Crippen molar-refractivity contribution in [3.8, 4) is 5.95 Å². The van der Waals surface area contributed by atoms with E-state index in [4.69, 9.17) is 10.5 Å². The Kier molecular flexibility index (Phi) is 3.23. The molecular weight excluding hydrogens is 246 g/mol. The quantitative estimate of drug-likeness (QED) is 0.815. The average molecular weight is 261 g/mol. The van der Waals surface area contributed by atoms with Crippen LogP contribution in [0, 0.1) is 0 Å². The first-order valence-corrected chi connectivity index (χ1v) is 6.15. The molecule has 1 aliphatic rings. The summed E-state index contributed by atoms with van der Waals surface area (Å²) < 4.78 is 7.09. The van der Waals surface area contributed by atoms with E-state index in [1.54, 1.807) is 23.3 Å². The van der Waals surface area contributed by atoms with Crippen LogP contribution in [0.1, 0.15) is 12.8 Å². The van der Waals surface area contributed by atoms with Gasteiger partial charge in [-0.1, -0.05) is 0 Å². The fourth-order valence-corrected chi connectivity index (χ4v) is 1.98. The maximum absolute atomic E-state index is 5.70. The van der Waals surface area contributed by atoms with Gasteiger partial charge in [-0.2, -0.15) is 15.0 Å². The Labute approximate surface area is 110 Å². The zero-order valence-electron chi connectivity index (χ0n) is 10.4. The highest BCUT2D eigenvalue weighted by Crippen LogP contribution is 2.13. The maximum atomic E-state index is 5.70. The van der Waals surface area contributed by atoms with Crippen LogP contribution in [0.3, 0.4) is 0 Å². The molecule has 19 heavy (non-hydrogen) atoms. The predicted molar refractivity (Wildman–Crippen MR) is 68.8 cm³/mol. The van der Waals surface area contributed by atoms with Crippen LogP contribution >= 0.6 is 0 Å². The highest BCUT2D eigenvalue weighted by Gasteiger charge is 2.15. The lowest BCUT2D eigenvalue weighted by Crippen LogP contribution is -2.31. The van der Waals surface area contributed by atoms with Crippen molar-refractivity contribution in [3.05, 3.63) is 18.7 Å². The Morgan fingerprint density at radius 2 is 2.32 bits per heavy atom. The van der Waals surface area contributed by atoms with Crippen molar-refractivity contribution in [1.82, 2.24) is 24.5 Å². The van der Waals surface area contributed by atoms with Gasteiger partial charge >= 0.3 is 0 Å². The van der Waals surface area contributed by atoms with Gasteiger partial charge in [-0.3, -0.25) is 4.57 Å². The average Bonchev–Trinajstić information content (AvgIpc) is 2.93. The van der Waals surface area contributed by atoms with Crippen LogP contribution in [0.5, 0.6) is 0 Å². The number of rotatable bonds is 3. The van der Waals surface area contributed by atoms with Crippen LogP contribution < -0.4 is 11.1 Å². The number of nitrogens with zero attached hydrogens (tertiary/aromatic N) is 5. The van der Waals surface area contributed by atoms with E-state index < -0.39 is 0 Å². The normalized spacial score (nSPS) is 19.3. The van der Waals surface area contributed by atoms with E-state index in [1.807, 2.05) is 0 Å². The van der Waals surface area contributed by atoms with E-state index in [2.05, 4.69) is 25.3 Å². The third kappa shape index (κ3) is 2.79. The van der Waals surface area contributed by atoms with Crippen molar-refractivity contribution in [2.45, 2.75) is 18.9 Å². The second-order valence-corrected chi connectivity index (χ2v) is 4.35. The molecule has 1 fully saturated rings. The molecule has 3 rings (SSSR count). The van der Waals surface area contributed by atoms with Crippen molar-refractivity contribution in [3.63, 3.8) is 0 Å². The van der Waals surface area contributed by atoms with Gasteiger partial charge in [-0.25, -0.2) is 4.98 Å². The summed E-state index contributed by atoms with van der Waals surface area (Å²) in [5.41, 5.74) is 5.70. The van der Waals surface area contributed by atoms with Gasteiger partial charge in [0.15, 0.2) is 0 Å². The molecule has 0 radical (unpaired) electrons. The number of imidazole rings is 1. The van der Waals surface area contributed by atoms with Crippen LogP contribution in [-0.2, 0) is 4.74 Å². The van der Waals surface area contributed by atoms with Gasteiger partial charge in [0.25, 0.3) is 0 Å². The first kappa shape index (κ1) is 11.8. The molecular formula is C11H15N7O. The molecule has 100 valence electrons. The van der Waals surface area contributed by atoms with Crippen LogP contribution in [0.25, 0.3) is 5.95 Å². The van der Waals surface area contributed by atoms with Crippen molar-refractivity contribution in [2.24, 2.45) is 0 Å². The lowest BCUT2D eigenvalue weighted by atomic mass is 10.1. The monoisotopic (exact) mass is 261 g/mol. The Morgan fingerprint density at radius 1 is 1.37 bits per heavy atom. The standard InChI is InChI=1S/C11H15N7O/c12-9-15-10(14-8-2-1-5-19-6-8)17-11(16-9)18-4-3-13-7-18/h3-4,7-8H,1-2,5-6H2,(H3,12,14,15,16,17). The lowest BCUT2D eigenvalue weighted by Gasteiger charge is -2.23. The van der Waals surface area contributed by atoms with Gasteiger partial charge in [0.2, 0.25) is 17.8 Å². The van der Waals surface area contributed by atoms with Gasteiger partial charge < -0.3 is 15.8 Å².